The Bertz CT molecular complexity index is 897. The smallest absolute Gasteiger partial charge is 0.266 e. The van der Waals surface area contributed by atoms with Crippen LogP contribution in [0.3, 0.4) is 0 Å². The molecule has 132 valence electrons. The fourth-order valence-electron chi connectivity index (χ4n) is 2.57. The highest BCUT2D eigenvalue weighted by Crippen LogP contribution is 2.20. The Kier molecular flexibility index (Phi) is 4.91. The maximum Gasteiger partial charge on any atom is 0.266 e. The van der Waals surface area contributed by atoms with Crippen LogP contribution in [0.1, 0.15) is 23.2 Å². The van der Waals surface area contributed by atoms with Crippen LogP contribution in [-0.2, 0) is 10.0 Å². The van der Waals surface area contributed by atoms with Gasteiger partial charge in [-0.25, -0.2) is 22.5 Å². The Balaban J connectivity index is 1.78. The molecule has 0 saturated carbocycles. The molecule has 6 nitrogen and oxygen atoms in total. The second-order valence-electron chi connectivity index (χ2n) is 5.61. The fourth-order valence-corrected chi connectivity index (χ4v) is 3.74. The Hall–Kier alpha value is -2.19. The minimum Gasteiger partial charge on any atom is -0.357 e. The molecule has 2 aromatic rings. The molecule has 0 radical (unpaired) electrons. The van der Waals surface area contributed by atoms with Gasteiger partial charge in [0, 0.05) is 19.3 Å². The van der Waals surface area contributed by atoms with Gasteiger partial charge >= 0.3 is 0 Å². The molecule has 1 saturated heterocycles. The van der Waals surface area contributed by atoms with E-state index in [1.54, 1.807) is 6.07 Å². The topological polar surface area (TPSA) is 79.4 Å². The van der Waals surface area contributed by atoms with Gasteiger partial charge in [0.15, 0.2) is 0 Å². The summed E-state index contributed by atoms with van der Waals surface area (Å²) in [4.78, 5) is 18.2. The van der Waals surface area contributed by atoms with E-state index in [2.05, 4.69) is 9.88 Å². The van der Waals surface area contributed by atoms with Gasteiger partial charge in [-0.3, -0.25) is 4.79 Å². The summed E-state index contributed by atoms with van der Waals surface area (Å²) in [5, 5.41) is -0.171. The van der Waals surface area contributed by atoms with Gasteiger partial charge in [-0.15, -0.1) is 0 Å². The number of nitrogens with zero attached hydrogens (tertiary/aromatic N) is 2. The Labute approximate surface area is 149 Å². The quantitative estimate of drug-likeness (QED) is 0.877. The van der Waals surface area contributed by atoms with Crippen LogP contribution >= 0.6 is 11.6 Å². The van der Waals surface area contributed by atoms with E-state index < -0.39 is 21.7 Å². The van der Waals surface area contributed by atoms with Crippen molar-refractivity contribution in [3.05, 3.63) is 52.9 Å². The molecule has 1 aromatic carbocycles. The van der Waals surface area contributed by atoms with Gasteiger partial charge in [-0.2, -0.15) is 0 Å². The summed E-state index contributed by atoms with van der Waals surface area (Å²) in [6.07, 6.45) is 3.36. The second-order valence-corrected chi connectivity index (χ2v) is 7.69. The normalized spacial score (nSPS) is 14.6. The van der Waals surface area contributed by atoms with E-state index in [1.165, 1.54) is 12.3 Å². The number of hydrogen-bond donors (Lipinski definition) is 1. The number of carbonyl (C=O) groups is 1. The van der Waals surface area contributed by atoms with E-state index in [0.29, 0.717) is 5.82 Å². The van der Waals surface area contributed by atoms with Crippen molar-refractivity contribution in [3.8, 4) is 0 Å². The monoisotopic (exact) mass is 383 g/mol. The minimum absolute atomic E-state index is 0.131. The molecule has 1 aliphatic rings. The predicted octanol–water partition coefficient (Wildman–Crippen LogP) is 2.59. The van der Waals surface area contributed by atoms with Gasteiger partial charge in [0.05, 0.1) is 10.6 Å². The first-order chi connectivity index (χ1) is 11.9. The summed E-state index contributed by atoms with van der Waals surface area (Å²) < 4.78 is 39.6. The fraction of sp³-hybridized carbons (Fsp3) is 0.250. The molecule has 0 spiro atoms. The van der Waals surface area contributed by atoms with Gasteiger partial charge in [0.25, 0.3) is 15.9 Å². The zero-order chi connectivity index (χ0) is 18.0. The number of anilines is 1. The Morgan fingerprint density at radius 2 is 1.92 bits per heavy atom. The summed E-state index contributed by atoms with van der Waals surface area (Å²) in [6.45, 7) is 1.78. The Morgan fingerprint density at radius 1 is 1.20 bits per heavy atom. The highest BCUT2D eigenvalue weighted by atomic mass is 35.5. The van der Waals surface area contributed by atoms with Crippen molar-refractivity contribution < 1.29 is 17.6 Å². The number of rotatable bonds is 4. The van der Waals surface area contributed by atoms with Gasteiger partial charge in [0.1, 0.15) is 16.5 Å². The molecular weight excluding hydrogens is 369 g/mol. The zero-order valence-corrected chi connectivity index (χ0v) is 14.6. The van der Waals surface area contributed by atoms with Gasteiger partial charge in [0.2, 0.25) is 0 Å². The van der Waals surface area contributed by atoms with Crippen molar-refractivity contribution in [1.82, 2.24) is 9.71 Å². The number of carbonyl (C=O) groups excluding carboxylic acids is 1. The van der Waals surface area contributed by atoms with Crippen molar-refractivity contribution in [2.75, 3.05) is 18.0 Å². The molecule has 0 unspecified atom stereocenters. The molecule has 1 aliphatic heterocycles. The largest absolute Gasteiger partial charge is 0.357 e. The molecule has 0 bridgehead atoms. The summed E-state index contributed by atoms with van der Waals surface area (Å²) in [5.41, 5.74) is -0.131. The lowest BCUT2D eigenvalue weighted by Gasteiger charge is -2.16. The standard InChI is InChI=1S/C16H15ClFN3O3S/c17-14-9-11(18)3-5-13(14)16(22)20-25(23,24)12-4-6-15(19-10-12)21-7-1-2-8-21/h3-6,9-10H,1-2,7-8H2,(H,20,22). The van der Waals surface area contributed by atoms with E-state index in [4.69, 9.17) is 11.6 Å². The average molecular weight is 384 g/mol. The van der Waals surface area contributed by atoms with Crippen molar-refractivity contribution in [2.45, 2.75) is 17.7 Å². The van der Waals surface area contributed by atoms with Gasteiger partial charge in [-0.1, -0.05) is 11.6 Å². The maximum absolute atomic E-state index is 13.0. The van der Waals surface area contributed by atoms with Gasteiger partial charge < -0.3 is 4.90 Å². The van der Waals surface area contributed by atoms with Crippen LogP contribution in [-0.4, -0.2) is 32.4 Å². The molecule has 9 heteroatoms. The number of pyridine rings is 1. The van der Waals surface area contributed by atoms with Crippen LogP contribution in [0.2, 0.25) is 5.02 Å². The SMILES string of the molecule is O=C(NS(=O)(=O)c1ccc(N2CCCC2)nc1)c1ccc(F)cc1Cl. The van der Waals surface area contributed by atoms with Gasteiger partial charge in [-0.05, 0) is 43.2 Å². The molecule has 1 amide bonds. The van der Waals surface area contributed by atoms with E-state index in [-0.39, 0.29) is 15.5 Å². The highest BCUT2D eigenvalue weighted by molar-refractivity contribution is 7.90. The lowest BCUT2D eigenvalue weighted by molar-refractivity contribution is 0.0981. The second kappa shape index (κ2) is 6.97. The van der Waals surface area contributed by atoms with E-state index >= 15 is 0 Å². The summed E-state index contributed by atoms with van der Waals surface area (Å²) in [5.74, 6) is -0.857. The van der Waals surface area contributed by atoms with Crippen molar-refractivity contribution in [2.24, 2.45) is 0 Å². The first-order valence-electron chi connectivity index (χ1n) is 7.60. The van der Waals surface area contributed by atoms with Crippen LogP contribution in [0.15, 0.2) is 41.4 Å². The average Bonchev–Trinajstić information content (AvgIpc) is 3.09. The van der Waals surface area contributed by atoms with E-state index in [0.717, 1.165) is 44.1 Å². The predicted molar refractivity (Wildman–Crippen MR) is 91.7 cm³/mol. The molecule has 1 N–H and O–H groups in total. The number of aromatic nitrogens is 1. The summed E-state index contributed by atoms with van der Waals surface area (Å²) in [6, 6.07) is 6.09. The lowest BCUT2D eigenvalue weighted by Crippen LogP contribution is -2.31. The van der Waals surface area contributed by atoms with E-state index in [9.17, 15) is 17.6 Å². The van der Waals surface area contributed by atoms with Crippen molar-refractivity contribution in [3.63, 3.8) is 0 Å². The summed E-state index contributed by atoms with van der Waals surface area (Å²) in [7, 11) is -4.11. The van der Waals surface area contributed by atoms with Crippen LogP contribution in [0.25, 0.3) is 0 Å². The molecule has 3 rings (SSSR count). The van der Waals surface area contributed by atoms with Crippen molar-refractivity contribution >= 4 is 33.3 Å². The molecule has 0 aliphatic carbocycles. The molecule has 25 heavy (non-hydrogen) atoms. The third-order valence-electron chi connectivity index (χ3n) is 3.86. The molecule has 1 fully saturated rings. The molecule has 2 heterocycles. The van der Waals surface area contributed by atoms with Crippen LogP contribution < -0.4 is 9.62 Å². The summed E-state index contributed by atoms with van der Waals surface area (Å²) >= 11 is 5.78. The van der Waals surface area contributed by atoms with Crippen LogP contribution in [0.5, 0.6) is 0 Å². The first-order valence-corrected chi connectivity index (χ1v) is 9.46. The number of hydrogen-bond acceptors (Lipinski definition) is 5. The minimum atomic E-state index is -4.11. The molecular formula is C16H15ClFN3O3S. The number of nitrogens with one attached hydrogen (secondary N) is 1. The van der Waals surface area contributed by atoms with Crippen molar-refractivity contribution in [1.29, 1.82) is 0 Å². The first kappa shape index (κ1) is 17.6. The lowest BCUT2D eigenvalue weighted by atomic mass is 10.2. The molecule has 1 aromatic heterocycles. The zero-order valence-electron chi connectivity index (χ0n) is 13.1. The molecule has 0 atom stereocenters. The Morgan fingerprint density at radius 3 is 2.52 bits per heavy atom. The van der Waals surface area contributed by atoms with Crippen LogP contribution in [0.4, 0.5) is 10.2 Å². The highest BCUT2D eigenvalue weighted by Gasteiger charge is 2.22. The maximum atomic E-state index is 13.0. The number of amides is 1. The third-order valence-corrected chi connectivity index (χ3v) is 5.49. The number of benzene rings is 1. The third kappa shape index (κ3) is 3.91. The number of halogens is 2. The number of sulfonamides is 1. The van der Waals surface area contributed by atoms with E-state index in [1.807, 2.05) is 4.72 Å². The van der Waals surface area contributed by atoms with Crippen LogP contribution in [0, 0.1) is 5.82 Å².